The Hall–Kier alpha value is -2.79. The molecule has 3 rings (SSSR count). The third-order valence-corrected chi connectivity index (χ3v) is 5.46. The number of carbonyl (C=O) groups excluding carboxylic acids is 1. The van der Waals surface area contributed by atoms with E-state index in [-0.39, 0.29) is 23.1 Å². The lowest BCUT2D eigenvalue weighted by Gasteiger charge is -2.20. The molecular weight excluding hydrogens is 379 g/mol. The summed E-state index contributed by atoms with van der Waals surface area (Å²) in [6.07, 6.45) is 1.22. The van der Waals surface area contributed by atoms with E-state index in [4.69, 9.17) is 0 Å². The highest BCUT2D eigenvalue weighted by atomic mass is 19.1. The SMILES string of the molecule is CC(C)C(C(=O)CCCN(C)C)c1ccc(-c2ccc3cccc(F)c3c2)[nH]c1=O. The molecule has 0 radical (unpaired) electrons. The monoisotopic (exact) mass is 408 g/mol. The fraction of sp³-hybridized carbons (Fsp3) is 0.360. The minimum atomic E-state index is -0.431. The Morgan fingerprint density at radius 1 is 1.10 bits per heavy atom. The number of H-pyrrole nitrogens is 1. The van der Waals surface area contributed by atoms with Gasteiger partial charge in [-0.15, -0.1) is 0 Å². The van der Waals surface area contributed by atoms with Crippen molar-refractivity contribution in [2.75, 3.05) is 20.6 Å². The van der Waals surface area contributed by atoms with E-state index >= 15 is 0 Å². The number of hydrogen-bond donors (Lipinski definition) is 1. The molecule has 30 heavy (non-hydrogen) atoms. The number of nitrogens with zero attached hydrogens (tertiary/aromatic N) is 1. The molecule has 0 saturated heterocycles. The number of fused-ring (bicyclic) bond motifs is 1. The predicted molar refractivity (Wildman–Crippen MR) is 120 cm³/mol. The van der Waals surface area contributed by atoms with Crippen molar-refractivity contribution in [2.45, 2.75) is 32.6 Å². The number of ketones is 1. The van der Waals surface area contributed by atoms with E-state index in [0.717, 1.165) is 23.9 Å². The number of halogens is 1. The van der Waals surface area contributed by atoms with Crippen LogP contribution in [-0.2, 0) is 4.79 Å². The normalized spacial score (nSPS) is 12.6. The van der Waals surface area contributed by atoms with Gasteiger partial charge >= 0.3 is 0 Å². The summed E-state index contributed by atoms with van der Waals surface area (Å²) >= 11 is 0. The molecule has 1 unspecified atom stereocenters. The lowest BCUT2D eigenvalue weighted by atomic mass is 9.83. The summed E-state index contributed by atoms with van der Waals surface area (Å²) in [5.41, 5.74) is 1.57. The Bertz CT molecular complexity index is 1100. The van der Waals surface area contributed by atoms with Gasteiger partial charge in [0.15, 0.2) is 0 Å². The van der Waals surface area contributed by atoms with Gasteiger partial charge in [-0.3, -0.25) is 9.59 Å². The third kappa shape index (κ3) is 4.85. The molecule has 0 amide bonds. The first-order valence-corrected chi connectivity index (χ1v) is 10.4. The molecule has 4 nitrogen and oxygen atoms in total. The summed E-state index contributed by atoms with van der Waals surface area (Å²) in [5, 5.41) is 1.32. The Morgan fingerprint density at radius 2 is 1.87 bits per heavy atom. The molecule has 0 fully saturated rings. The molecule has 0 bridgehead atoms. The van der Waals surface area contributed by atoms with Gasteiger partial charge in [-0.05, 0) is 62.1 Å². The van der Waals surface area contributed by atoms with Crippen LogP contribution in [0.15, 0.2) is 53.3 Å². The molecular formula is C25H29FN2O2. The van der Waals surface area contributed by atoms with Gasteiger partial charge in [0.25, 0.3) is 5.56 Å². The summed E-state index contributed by atoms with van der Waals surface area (Å²) in [4.78, 5) is 30.7. The highest BCUT2D eigenvalue weighted by Crippen LogP contribution is 2.28. The number of nitrogens with one attached hydrogen (secondary N) is 1. The summed E-state index contributed by atoms with van der Waals surface area (Å²) < 4.78 is 14.1. The van der Waals surface area contributed by atoms with Crippen LogP contribution >= 0.6 is 0 Å². The predicted octanol–water partition coefficient (Wildman–Crippen LogP) is 4.98. The average Bonchev–Trinajstić information content (AvgIpc) is 2.69. The van der Waals surface area contributed by atoms with Crippen LogP contribution in [0, 0.1) is 11.7 Å². The van der Waals surface area contributed by atoms with Crippen LogP contribution in [0.5, 0.6) is 0 Å². The van der Waals surface area contributed by atoms with Gasteiger partial charge in [-0.2, -0.15) is 0 Å². The minimum absolute atomic E-state index is 0.0265. The van der Waals surface area contributed by atoms with E-state index in [1.54, 1.807) is 24.3 Å². The van der Waals surface area contributed by atoms with Crippen LogP contribution in [0.25, 0.3) is 22.0 Å². The molecule has 0 spiro atoms. The highest BCUT2D eigenvalue weighted by molar-refractivity contribution is 5.88. The quantitative estimate of drug-likeness (QED) is 0.572. The Kier molecular flexibility index (Phi) is 6.83. The zero-order valence-corrected chi connectivity index (χ0v) is 18.0. The van der Waals surface area contributed by atoms with Gasteiger partial charge in [-0.1, -0.05) is 44.2 Å². The van der Waals surface area contributed by atoms with Crippen molar-refractivity contribution in [1.82, 2.24) is 9.88 Å². The first kappa shape index (κ1) is 21.9. The average molecular weight is 409 g/mol. The van der Waals surface area contributed by atoms with Gasteiger partial charge in [0.05, 0.1) is 5.92 Å². The van der Waals surface area contributed by atoms with E-state index in [9.17, 15) is 14.0 Å². The Morgan fingerprint density at radius 3 is 2.53 bits per heavy atom. The lowest BCUT2D eigenvalue weighted by molar-refractivity contribution is -0.121. The highest BCUT2D eigenvalue weighted by Gasteiger charge is 2.26. The van der Waals surface area contributed by atoms with Gasteiger partial charge in [0, 0.05) is 23.1 Å². The molecule has 0 aliphatic heterocycles. The standard InChI is InChI=1S/C25H29FN2O2/c1-16(2)24(23(29)9-6-14-28(3)4)19-12-13-22(27-25(19)30)18-11-10-17-7-5-8-21(26)20(17)15-18/h5,7-8,10-13,15-16,24H,6,9,14H2,1-4H3,(H,27,30). The molecule has 158 valence electrons. The first-order valence-electron chi connectivity index (χ1n) is 10.4. The smallest absolute Gasteiger partial charge is 0.252 e. The maximum atomic E-state index is 14.1. The van der Waals surface area contributed by atoms with E-state index in [0.29, 0.717) is 23.1 Å². The number of benzene rings is 2. The molecule has 1 N–H and O–H groups in total. The second-order valence-corrected chi connectivity index (χ2v) is 8.43. The number of carbonyl (C=O) groups is 1. The summed E-state index contributed by atoms with van der Waals surface area (Å²) in [6.45, 7) is 4.77. The minimum Gasteiger partial charge on any atom is -0.322 e. The van der Waals surface area contributed by atoms with Crippen molar-refractivity contribution in [2.24, 2.45) is 5.92 Å². The van der Waals surface area contributed by atoms with Gasteiger partial charge in [0.1, 0.15) is 11.6 Å². The van der Waals surface area contributed by atoms with Crippen molar-refractivity contribution < 1.29 is 9.18 Å². The van der Waals surface area contributed by atoms with E-state index in [1.807, 2.05) is 51.0 Å². The fourth-order valence-electron chi connectivity index (χ4n) is 3.93. The molecule has 2 aromatic carbocycles. The molecule has 1 atom stereocenters. The summed E-state index contributed by atoms with van der Waals surface area (Å²) in [7, 11) is 3.96. The van der Waals surface area contributed by atoms with Crippen molar-refractivity contribution in [3.8, 4) is 11.3 Å². The molecule has 0 saturated carbocycles. The van der Waals surface area contributed by atoms with Gasteiger partial charge < -0.3 is 9.88 Å². The Labute approximate surface area is 176 Å². The molecule has 1 heterocycles. The number of hydrogen-bond acceptors (Lipinski definition) is 3. The zero-order valence-electron chi connectivity index (χ0n) is 18.0. The van der Waals surface area contributed by atoms with Crippen LogP contribution in [-0.4, -0.2) is 36.3 Å². The Balaban J connectivity index is 1.90. The van der Waals surface area contributed by atoms with E-state index < -0.39 is 5.92 Å². The topological polar surface area (TPSA) is 53.2 Å². The zero-order chi connectivity index (χ0) is 21.8. The second-order valence-electron chi connectivity index (χ2n) is 8.43. The largest absolute Gasteiger partial charge is 0.322 e. The third-order valence-electron chi connectivity index (χ3n) is 5.46. The lowest BCUT2D eigenvalue weighted by Crippen LogP contribution is -2.26. The number of Topliss-reactive ketones (excluding diaryl/α,β-unsaturated/α-hetero) is 1. The maximum absolute atomic E-state index is 14.1. The number of rotatable bonds is 8. The van der Waals surface area contributed by atoms with Crippen molar-refractivity contribution >= 4 is 16.6 Å². The van der Waals surface area contributed by atoms with Crippen LogP contribution in [0.1, 0.15) is 38.2 Å². The van der Waals surface area contributed by atoms with Crippen molar-refractivity contribution in [3.05, 3.63) is 70.3 Å². The van der Waals surface area contributed by atoms with Crippen molar-refractivity contribution in [1.29, 1.82) is 0 Å². The van der Waals surface area contributed by atoms with Crippen LogP contribution < -0.4 is 5.56 Å². The van der Waals surface area contributed by atoms with Gasteiger partial charge in [0.2, 0.25) is 0 Å². The van der Waals surface area contributed by atoms with Crippen LogP contribution in [0.2, 0.25) is 0 Å². The molecule has 0 aliphatic rings. The molecule has 5 heteroatoms. The molecule has 3 aromatic rings. The number of aromatic amines is 1. The first-order chi connectivity index (χ1) is 14.3. The fourth-order valence-corrected chi connectivity index (χ4v) is 3.93. The maximum Gasteiger partial charge on any atom is 0.252 e. The number of pyridine rings is 1. The van der Waals surface area contributed by atoms with E-state index in [1.165, 1.54) is 6.07 Å². The van der Waals surface area contributed by atoms with Crippen LogP contribution in [0.3, 0.4) is 0 Å². The summed E-state index contributed by atoms with van der Waals surface area (Å²) in [5.74, 6) is -0.605. The second kappa shape index (κ2) is 9.35. The molecule has 0 aliphatic carbocycles. The molecule has 1 aromatic heterocycles. The summed E-state index contributed by atoms with van der Waals surface area (Å²) in [6, 6.07) is 13.9. The van der Waals surface area contributed by atoms with Crippen LogP contribution in [0.4, 0.5) is 4.39 Å². The van der Waals surface area contributed by atoms with Gasteiger partial charge in [-0.25, -0.2) is 4.39 Å². The van der Waals surface area contributed by atoms with E-state index in [2.05, 4.69) is 4.98 Å². The number of aromatic nitrogens is 1. The van der Waals surface area contributed by atoms with Crippen molar-refractivity contribution in [3.63, 3.8) is 0 Å².